The van der Waals surface area contributed by atoms with Crippen molar-refractivity contribution in [3.8, 4) is 0 Å². The van der Waals surface area contributed by atoms with Gasteiger partial charge in [-0.05, 0) is 32.2 Å². The van der Waals surface area contributed by atoms with Gasteiger partial charge in [-0.2, -0.15) is 0 Å². The summed E-state index contributed by atoms with van der Waals surface area (Å²) >= 11 is 0. The van der Waals surface area contributed by atoms with Gasteiger partial charge in [-0.25, -0.2) is 18.1 Å². The highest BCUT2D eigenvalue weighted by Gasteiger charge is 2.31. The zero-order valence-electron chi connectivity index (χ0n) is 10.5. The number of imidazole rings is 1. The molecule has 1 aliphatic rings. The van der Waals surface area contributed by atoms with Gasteiger partial charge in [-0.3, -0.25) is 0 Å². The Hall–Kier alpha value is -0.920. The molecule has 18 heavy (non-hydrogen) atoms. The van der Waals surface area contributed by atoms with Crippen molar-refractivity contribution in [2.75, 3.05) is 6.54 Å². The molecule has 7 heteroatoms. The molecule has 1 aromatic heterocycles. The first-order valence-corrected chi connectivity index (χ1v) is 7.79. The van der Waals surface area contributed by atoms with Crippen molar-refractivity contribution in [1.82, 2.24) is 14.3 Å². The summed E-state index contributed by atoms with van der Waals surface area (Å²) in [4.78, 5) is 3.93. The number of nitrogens with two attached hydrogens (primary N) is 1. The van der Waals surface area contributed by atoms with Crippen LogP contribution in [-0.2, 0) is 16.6 Å². The van der Waals surface area contributed by atoms with E-state index < -0.39 is 10.0 Å². The molecule has 2 atom stereocenters. The fraction of sp³-hybridized carbons (Fsp3) is 0.727. The van der Waals surface area contributed by atoms with Crippen molar-refractivity contribution in [1.29, 1.82) is 0 Å². The Kier molecular flexibility index (Phi) is 4.04. The Labute approximate surface area is 108 Å². The third-order valence-corrected chi connectivity index (χ3v) is 4.89. The Bertz CT molecular complexity index is 497. The van der Waals surface area contributed by atoms with Crippen LogP contribution >= 0.6 is 0 Å². The molecule has 0 saturated heterocycles. The van der Waals surface area contributed by atoms with Crippen molar-refractivity contribution < 1.29 is 8.42 Å². The molecular weight excluding hydrogens is 252 g/mol. The van der Waals surface area contributed by atoms with Crippen molar-refractivity contribution >= 4 is 10.0 Å². The minimum Gasteiger partial charge on any atom is -0.336 e. The second-order valence-electron chi connectivity index (χ2n) is 4.70. The summed E-state index contributed by atoms with van der Waals surface area (Å²) in [6.07, 6.45) is 5.96. The molecule has 0 spiro atoms. The van der Waals surface area contributed by atoms with E-state index in [1.807, 2.05) is 6.92 Å². The molecule has 1 aromatic rings. The summed E-state index contributed by atoms with van der Waals surface area (Å²) in [5, 5.41) is 0.0898. The predicted octanol–water partition coefficient (Wildman–Crippen LogP) is 0.309. The Morgan fingerprint density at radius 3 is 2.94 bits per heavy atom. The van der Waals surface area contributed by atoms with Gasteiger partial charge >= 0.3 is 0 Å². The van der Waals surface area contributed by atoms with E-state index in [2.05, 4.69) is 9.71 Å². The Morgan fingerprint density at radius 1 is 1.56 bits per heavy atom. The monoisotopic (exact) mass is 272 g/mol. The third kappa shape index (κ3) is 2.73. The second kappa shape index (κ2) is 5.38. The highest BCUT2D eigenvalue weighted by atomic mass is 32.2. The number of hydrogen-bond acceptors (Lipinski definition) is 4. The molecule has 0 bridgehead atoms. The number of rotatable bonds is 5. The summed E-state index contributed by atoms with van der Waals surface area (Å²) in [5.74, 6) is 0.244. The standard InChI is InChI=1S/C11H20N4O2S/c1-2-15-7-11(13-8-15)18(16,17)14-10-5-3-4-9(10)6-12/h7-10,14H,2-6,12H2,1H3. The van der Waals surface area contributed by atoms with Crippen LogP contribution in [0.3, 0.4) is 0 Å². The van der Waals surface area contributed by atoms with Gasteiger partial charge in [0.25, 0.3) is 10.0 Å². The molecule has 1 heterocycles. The van der Waals surface area contributed by atoms with Crippen LogP contribution in [0.5, 0.6) is 0 Å². The highest BCUT2D eigenvalue weighted by molar-refractivity contribution is 7.89. The van der Waals surface area contributed by atoms with Crippen molar-refractivity contribution in [2.45, 2.75) is 43.8 Å². The van der Waals surface area contributed by atoms with E-state index in [-0.39, 0.29) is 17.0 Å². The van der Waals surface area contributed by atoms with Crippen molar-refractivity contribution in [3.05, 3.63) is 12.5 Å². The summed E-state index contributed by atoms with van der Waals surface area (Å²) in [6.45, 7) is 3.17. The van der Waals surface area contributed by atoms with E-state index >= 15 is 0 Å². The summed E-state index contributed by atoms with van der Waals surface area (Å²) in [6, 6.07) is -0.0493. The topological polar surface area (TPSA) is 90.0 Å². The zero-order valence-corrected chi connectivity index (χ0v) is 11.4. The number of aryl methyl sites for hydroxylation is 1. The SMILES string of the molecule is CCn1cnc(S(=O)(=O)NC2CCCC2CN)c1. The molecule has 0 radical (unpaired) electrons. The fourth-order valence-corrected chi connectivity index (χ4v) is 3.67. The first kappa shape index (κ1) is 13.5. The van der Waals surface area contributed by atoms with Crippen molar-refractivity contribution in [3.63, 3.8) is 0 Å². The largest absolute Gasteiger partial charge is 0.336 e. The summed E-state index contributed by atoms with van der Waals surface area (Å²) in [7, 11) is -3.51. The molecule has 2 unspecified atom stereocenters. The lowest BCUT2D eigenvalue weighted by atomic mass is 10.1. The predicted molar refractivity (Wildman–Crippen MR) is 68.4 cm³/mol. The van der Waals surface area contributed by atoms with Gasteiger partial charge in [-0.15, -0.1) is 0 Å². The van der Waals surface area contributed by atoms with Gasteiger partial charge in [0.2, 0.25) is 0 Å². The number of aromatic nitrogens is 2. The van der Waals surface area contributed by atoms with Crippen LogP contribution < -0.4 is 10.5 Å². The van der Waals surface area contributed by atoms with Gasteiger partial charge in [0, 0.05) is 18.8 Å². The quantitative estimate of drug-likeness (QED) is 0.807. The minimum atomic E-state index is -3.51. The average molecular weight is 272 g/mol. The molecule has 1 aliphatic carbocycles. The molecule has 3 N–H and O–H groups in total. The molecule has 1 saturated carbocycles. The number of nitrogens with zero attached hydrogens (tertiary/aromatic N) is 2. The van der Waals surface area contributed by atoms with Gasteiger partial charge in [0.05, 0.1) is 6.33 Å². The van der Waals surface area contributed by atoms with E-state index in [9.17, 15) is 8.42 Å². The lowest BCUT2D eigenvalue weighted by Gasteiger charge is -2.18. The van der Waals surface area contributed by atoms with Gasteiger partial charge < -0.3 is 10.3 Å². The molecule has 6 nitrogen and oxygen atoms in total. The van der Waals surface area contributed by atoms with Crippen LogP contribution in [0.4, 0.5) is 0 Å². The van der Waals surface area contributed by atoms with Crippen LogP contribution in [0.15, 0.2) is 17.6 Å². The first-order chi connectivity index (χ1) is 8.56. The Morgan fingerprint density at radius 2 is 2.33 bits per heavy atom. The number of hydrogen-bond donors (Lipinski definition) is 2. The Balaban J connectivity index is 2.11. The average Bonchev–Trinajstić information content (AvgIpc) is 2.96. The lowest BCUT2D eigenvalue weighted by molar-refractivity contribution is 0.452. The zero-order chi connectivity index (χ0) is 13.2. The number of sulfonamides is 1. The third-order valence-electron chi connectivity index (χ3n) is 3.52. The molecular formula is C11H20N4O2S. The maximum atomic E-state index is 12.2. The summed E-state index contributed by atoms with van der Waals surface area (Å²) < 4.78 is 28.8. The van der Waals surface area contributed by atoms with Crippen LogP contribution in [-0.4, -0.2) is 30.6 Å². The van der Waals surface area contributed by atoms with Crippen LogP contribution in [0.25, 0.3) is 0 Å². The van der Waals surface area contributed by atoms with Crippen LogP contribution in [0, 0.1) is 5.92 Å². The minimum absolute atomic E-state index is 0.0493. The smallest absolute Gasteiger partial charge is 0.259 e. The van der Waals surface area contributed by atoms with Gasteiger partial charge in [0.15, 0.2) is 5.03 Å². The van der Waals surface area contributed by atoms with Gasteiger partial charge in [0.1, 0.15) is 0 Å². The van der Waals surface area contributed by atoms with E-state index in [0.29, 0.717) is 13.1 Å². The molecule has 1 fully saturated rings. The van der Waals surface area contributed by atoms with E-state index in [0.717, 1.165) is 19.3 Å². The molecule has 102 valence electrons. The number of nitrogens with one attached hydrogen (secondary N) is 1. The summed E-state index contributed by atoms with van der Waals surface area (Å²) in [5.41, 5.74) is 5.65. The normalized spacial score (nSPS) is 24.6. The van der Waals surface area contributed by atoms with Crippen LogP contribution in [0.2, 0.25) is 0 Å². The fourth-order valence-electron chi connectivity index (χ4n) is 2.39. The van der Waals surface area contributed by atoms with Crippen molar-refractivity contribution in [2.24, 2.45) is 11.7 Å². The van der Waals surface area contributed by atoms with E-state index in [4.69, 9.17) is 5.73 Å². The lowest BCUT2D eigenvalue weighted by Crippen LogP contribution is -2.39. The molecule has 0 amide bonds. The van der Waals surface area contributed by atoms with E-state index in [1.165, 1.54) is 6.33 Å². The highest BCUT2D eigenvalue weighted by Crippen LogP contribution is 2.25. The molecule has 2 rings (SSSR count). The van der Waals surface area contributed by atoms with E-state index in [1.54, 1.807) is 10.8 Å². The molecule has 0 aliphatic heterocycles. The second-order valence-corrected chi connectivity index (χ2v) is 6.36. The van der Waals surface area contributed by atoms with Crippen LogP contribution in [0.1, 0.15) is 26.2 Å². The first-order valence-electron chi connectivity index (χ1n) is 6.31. The molecule has 0 aromatic carbocycles. The van der Waals surface area contributed by atoms with Gasteiger partial charge in [-0.1, -0.05) is 6.42 Å². The maximum absolute atomic E-state index is 12.2. The maximum Gasteiger partial charge on any atom is 0.259 e.